The summed E-state index contributed by atoms with van der Waals surface area (Å²) >= 11 is 6.05. The number of nitrogens with one attached hydrogen (secondary N) is 1. The first-order chi connectivity index (χ1) is 8.62. The van der Waals surface area contributed by atoms with E-state index in [0.717, 1.165) is 25.7 Å². The maximum Gasteiger partial charge on any atom is 0.287 e. The molecule has 0 aliphatic heterocycles. The van der Waals surface area contributed by atoms with E-state index in [1.807, 2.05) is 0 Å². The average molecular weight is 272 g/mol. The summed E-state index contributed by atoms with van der Waals surface area (Å²) in [6, 6.07) is 0. The fraction of sp³-hybridized carbons (Fsp3) is 0.667. The van der Waals surface area contributed by atoms with E-state index in [1.165, 1.54) is 4.68 Å². The monoisotopic (exact) mass is 271 g/mol. The topological polar surface area (TPSA) is 67.2 Å². The van der Waals surface area contributed by atoms with Gasteiger partial charge in [-0.2, -0.15) is 5.10 Å². The lowest BCUT2D eigenvalue weighted by atomic mass is 10.3. The van der Waals surface area contributed by atoms with Crippen molar-refractivity contribution >= 4 is 17.3 Å². The third-order valence-electron chi connectivity index (χ3n) is 3.26. The van der Waals surface area contributed by atoms with Crippen molar-refractivity contribution in [2.45, 2.75) is 44.7 Å². The third-order valence-corrected chi connectivity index (χ3v) is 3.63. The molecule has 1 aliphatic rings. The Kier molecular flexibility index (Phi) is 3.92. The molecule has 2 rings (SSSR count). The molecular formula is C12H18ClN3O2. The van der Waals surface area contributed by atoms with Crippen LogP contribution in [-0.2, 0) is 6.54 Å². The molecule has 1 saturated carbocycles. The van der Waals surface area contributed by atoms with Crippen LogP contribution in [0.2, 0.25) is 5.02 Å². The van der Waals surface area contributed by atoms with Gasteiger partial charge >= 0.3 is 0 Å². The first-order valence-corrected chi connectivity index (χ1v) is 6.64. The van der Waals surface area contributed by atoms with Crippen LogP contribution < -0.4 is 10.9 Å². The van der Waals surface area contributed by atoms with Gasteiger partial charge in [0.05, 0.1) is 24.0 Å². The highest BCUT2D eigenvalue weighted by Gasteiger charge is 2.42. The van der Waals surface area contributed by atoms with Crippen LogP contribution in [0.3, 0.4) is 0 Å². The molecule has 5 nitrogen and oxygen atoms in total. The van der Waals surface area contributed by atoms with E-state index in [0.29, 0.717) is 12.2 Å². The van der Waals surface area contributed by atoms with Crippen molar-refractivity contribution in [2.75, 3.05) is 11.9 Å². The van der Waals surface area contributed by atoms with E-state index in [4.69, 9.17) is 11.6 Å². The van der Waals surface area contributed by atoms with Gasteiger partial charge in [-0.1, -0.05) is 24.9 Å². The number of aliphatic hydroxyl groups excluding tert-OH is 1. The molecule has 1 heterocycles. The lowest BCUT2D eigenvalue weighted by Crippen LogP contribution is -2.29. The Hall–Kier alpha value is -1.07. The molecule has 1 aliphatic carbocycles. The summed E-state index contributed by atoms with van der Waals surface area (Å²) in [7, 11) is 0. The van der Waals surface area contributed by atoms with Gasteiger partial charge in [0.15, 0.2) is 0 Å². The second kappa shape index (κ2) is 5.28. The standard InChI is InChI=1S/C12H18ClN3O2/c1-2-3-6-16-11(18)10(13)9(7-14-16)15-12(8-17)4-5-12/h7,15,17H,2-6,8H2,1H3. The number of nitrogens with zero attached hydrogens (tertiary/aromatic N) is 2. The molecule has 1 fully saturated rings. The summed E-state index contributed by atoms with van der Waals surface area (Å²) in [4.78, 5) is 12.0. The molecule has 2 N–H and O–H groups in total. The predicted octanol–water partition coefficient (Wildman–Crippen LogP) is 1.63. The minimum absolute atomic E-state index is 0.0439. The molecule has 0 bridgehead atoms. The highest BCUT2D eigenvalue weighted by molar-refractivity contribution is 6.32. The summed E-state index contributed by atoms with van der Waals surface area (Å²) in [5.74, 6) is 0. The van der Waals surface area contributed by atoms with Crippen molar-refractivity contribution in [3.63, 3.8) is 0 Å². The summed E-state index contributed by atoms with van der Waals surface area (Å²) in [5, 5.41) is 16.6. The fourth-order valence-electron chi connectivity index (χ4n) is 1.78. The first-order valence-electron chi connectivity index (χ1n) is 6.26. The summed E-state index contributed by atoms with van der Waals surface area (Å²) in [6.45, 7) is 2.68. The molecule has 18 heavy (non-hydrogen) atoms. The van der Waals surface area contributed by atoms with Gasteiger partial charge in [-0.3, -0.25) is 4.79 Å². The number of hydrogen-bond acceptors (Lipinski definition) is 4. The Bertz CT molecular complexity index is 483. The number of aromatic nitrogens is 2. The largest absolute Gasteiger partial charge is 0.394 e. The molecule has 1 aromatic heterocycles. The predicted molar refractivity (Wildman–Crippen MR) is 71.1 cm³/mol. The van der Waals surface area contributed by atoms with Crippen LogP contribution in [0, 0.1) is 0 Å². The van der Waals surface area contributed by atoms with Gasteiger partial charge in [-0.15, -0.1) is 0 Å². The van der Waals surface area contributed by atoms with E-state index in [1.54, 1.807) is 6.20 Å². The molecule has 6 heteroatoms. The number of hydrogen-bond donors (Lipinski definition) is 2. The van der Waals surface area contributed by atoms with E-state index in [9.17, 15) is 9.90 Å². The van der Waals surface area contributed by atoms with Crippen LogP contribution in [0.5, 0.6) is 0 Å². The summed E-state index contributed by atoms with van der Waals surface area (Å²) in [5.41, 5.74) is -0.0577. The Balaban J connectivity index is 2.18. The quantitative estimate of drug-likeness (QED) is 0.825. The zero-order valence-corrected chi connectivity index (χ0v) is 11.2. The normalized spacial score (nSPS) is 16.6. The smallest absolute Gasteiger partial charge is 0.287 e. The zero-order valence-electron chi connectivity index (χ0n) is 10.4. The van der Waals surface area contributed by atoms with Crippen LogP contribution in [0.1, 0.15) is 32.6 Å². The molecule has 0 amide bonds. The summed E-state index contributed by atoms with van der Waals surface area (Å²) in [6.07, 6.45) is 5.24. The Morgan fingerprint density at radius 1 is 1.61 bits per heavy atom. The number of rotatable bonds is 6. The molecule has 0 radical (unpaired) electrons. The van der Waals surface area contributed by atoms with Crippen molar-refractivity contribution in [1.29, 1.82) is 0 Å². The Labute approximate surface area is 111 Å². The maximum absolute atomic E-state index is 12.0. The molecule has 0 atom stereocenters. The minimum Gasteiger partial charge on any atom is -0.394 e. The van der Waals surface area contributed by atoms with Gasteiger partial charge in [0.25, 0.3) is 5.56 Å². The van der Waals surface area contributed by atoms with E-state index >= 15 is 0 Å². The molecule has 0 spiro atoms. The van der Waals surface area contributed by atoms with Crippen molar-refractivity contribution in [3.05, 3.63) is 21.6 Å². The van der Waals surface area contributed by atoms with Crippen molar-refractivity contribution in [3.8, 4) is 0 Å². The van der Waals surface area contributed by atoms with E-state index in [2.05, 4.69) is 17.3 Å². The van der Waals surface area contributed by atoms with Gasteiger partial charge in [-0.05, 0) is 19.3 Å². The molecule has 0 unspecified atom stereocenters. The number of halogens is 1. The van der Waals surface area contributed by atoms with E-state index in [-0.39, 0.29) is 22.7 Å². The lowest BCUT2D eigenvalue weighted by molar-refractivity contribution is 0.266. The molecule has 1 aromatic rings. The fourth-order valence-corrected chi connectivity index (χ4v) is 1.97. The van der Waals surface area contributed by atoms with Gasteiger partial charge in [0, 0.05) is 6.54 Å². The van der Waals surface area contributed by atoms with Crippen molar-refractivity contribution in [1.82, 2.24) is 9.78 Å². The maximum atomic E-state index is 12.0. The van der Waals surface area contributed by atoms with Gasteiger partial charge < -0.3 is 10.4 Å². The third kappa shape index (κ3) is 2.67. The van der Waals surface area contributed by atoms with Gasteiger partial charge in [0.1, 0.15) is 5.02 Å². The second-order valence-corrected chi connectivity index (χ2v) is 5.20. The second-order valence-electron chi connectivity index (χ2n) is 4.82. The zero-order chi connectivity index (χ0) is 13.2. The molecule has 0 aromatic carbocycles. The molecule has 100 valence electrons. The highest BCUT2D eigenvalue weighted by Crippen LogP contribution is 2.39. The van der Waals surface area contributed by atoms with Crippen LogP contribution in [0.25, 0.3) is 0 Å². The molecule has 0 saturated heterocycles. The number of unbranched alkanes of at least 4 members (excludes halogenated alkanes) is 1. The SMILES string of the molecule is CCCCn1ncc(NC2(CO)CC2)c(Cl)c1=O. The highest BCUT2D eigenvalue weighted by atomic mass is 35.5. The molecular weight excluding hydrogens is 254 g/mol. The number of anilines is 1. The minimum atomic E-state index is -0.298. The number of aryl methyl sites for hydroxylation is 1. The Morgan fingerprint density at radius 3 is 2.89 bits per heavy atom. The van der Waals surface area contributed by atoms with Crippen molar-refractivity contribution < 1.29 is 5.11 Å². The first kappa shape index (κ1) is 13.4. The van der Waals surface area contributed by atoms with Crippen LogP contribution in [0.4, 0.5) is 5.69 Å². The van der Waals surface area contributed by atoms with Crippen LogP contribution in [0.15, 0.2) is 11.0 Å². The van der Waals surface area contributed by atoms with Crippen molar-refractivity contribution in [2.24, 2.45) is 0 Å². The number of aliphatic hydroxyl groups is 1. The van der Waals surface area contributed by atoms with Gasteiger partial charge in [0.2, 0.25) is 0 Å². The van der Waals surface area contributed by atoms with Gasteiger partial charge in [-0.25, -0.2) is 4.68 Å². The van der Waals surface area contributed by atoms with Crippen LogP contribution >= 0.6 is 11.6 Å². The summed E-state index contributed by atoms with van der Waals surface area (Å²) < 4.78 is 1.38. The lowest BCUT2D eigenvalue weighted by Gasteiger charge is -2.16. The average Bonchev–Trinajstić information content (AvgIpc) is 3.15. The van der Waals surface area contributed by atoms with Crippen LogP contribution in [-0.4, -0.2) is 27.0 Å². The van der Waals surface area contributed by atoms with E-state index < -0.39 is 0 Å². The Morgan fingerprint density at radius 2 is 2.33 bits per heavy atom.